The Morgan fingerprint density at radius 1 is 1.73 bits per heavy atom. The van der Waals surface area contributed by atoms with Crippen LogP contribution in [-0.4, -0.2) is 12.8 Å². The monoisotopic (exact) mass is 147 g/mol. The summed E-state index contributed by atoms with van der Waals surface area (Å²) in [5, 5.41) is 2.71. The molecule has 0 aliphatic heterocycles. The van der Waals surface area contributed by atoms with Crippen molar-refractivity contribution in [3.05, 3.63) is 16.7 Å². The van der Waals surface area contributed by atoms with Crippen LogP contribution in [0.25, 0.3) is 0 Å². The average Bonchev–Trinajstić information content (AvgIpc) is 1.99. The van der Waals surface area contributed by atoms with E-state index in [0.717, 1.165) is 0 Å². The highest BCUT2D eigenvalue weighted by molar-refractivity contribution is 6.33. The average molecular weight is 147 g/mol. The van der Waals surface area contributed by atoms with Crippen LogP contribution in [0.1, 0.15) is 5.56 Å². The van der Waals surface area contributed by atoms with Gasteiger partial charge in [0.05, 0.1) is 0 Å². The molecule has 54 valence electrons. The largest absolute Gasteiger partial charge is 0.382 e. The number of aromatic nitrogens is 1. The lowest BCUT2D eigenvalue weighted by Gasteiger charge is -2.02. The zero-order chi connectivity index (χ0) is 8.43. The smallest absolute Gasteiger partial charge is 0.153 e. The molecule has 0 aliphatic carbocycles. The maximum absolute atomic E-state index is 10.2. The van der Waals surface area contributed by atoms with E-state index in [4.69, 9.17) is 13.6 Å². The van der Waals surface area contributed by atoms with Crippen LogP contribution < -0.4 is 11.2 Å². The molecule has 0 atom stereocenters. The fourth-order valence-electron chi connectivity index (χ4n) is 0.741. The van der Waals surface area contributed by atoms with Crippen LogP contribution in [0.3, 0.4) is 0 Å². The summed E-state index contributed by atoms with van der Waals surface area (Å²) in [6, 6.07) is 0. The standard InChI is InChI=1S/C6H6BN3O/c1-3-4(7)2-9-6(8)5(3)10-11/h2H,1H3,(H2,8,9). The van der Waals surface area contributed by atoms with Gasteiger partial charge in [-0.2, -0.15) is 0 Å². The Balaban J connectivity index is 3.40. The van der Waals surface area contributed by atoms with Crippen molar-refractivity contribution in [1.82, 2.24) is 4.98 Å². The molecular formula is C6H6BN3O. The van der Waals surface area contributed by atoms with E-state index in [1.807, 2.05) is 0 Å². The summed E-state index contributed by atoms with van der Waals surface area (Å²) in [7, 11) is 5.45. The molecule has 0 amide bonds. The Kier molecular flexibility index (Phi) is 1.89. The molecule has 1 aromatic rings. The quantitative estimate of drug-likeness (QED) is 0.454. The summed E-state index contributed by atoms with van der Waals surface area (Å²) < 4.78 is 0. The normalized spacial score (nSPS) is 9.55. The van der Waals surface area contributed by atoms with Gasteiger partial charge < -0.3 is 5.73 Å². The predicted octanol–water partition coefficient (Wildman–Crippen LogP) is 0.164. The summed E-state index contributed by atoms with van der Waals surface area (Å²) in [6.07, 6.45) is 1.40. The Morgan fingerprint density at radius 2 is 2.36 bits per heavy atom. The van der Waals surface area contributed by atoms with Gasteiger partial charge in [0.25, 0.3) is 0 Å². The van der Waals surface area contributed by atoms with Crippen molar-refractivity contribution in [1.29, 1.82) is 0 Å². The number of anilines is 1. The Bertz CT molecular complexity index is 300. The molecule has 2 N–H and O–H groups in total. The second-order valence-electron chi connectivity index (χ2n) is 2.16. The molecule has 0 unspecified atom stereocenters. The molecule has 0 bridgehead atoms. The van der Waals surface area contributed by atoms with Gasteiger partial charge in [0.2, 0.25) is 0 Å². The number of nitrogen functional groups attached to an aromatic ring is 1. The van der Waals surface area contributed by atoms with Gasteiger partial charge in [-0.3, -0.25) is 0 Å². The summed E-state index contributed by atoms with van der Waals surface area (Å²) in [5.41, 5.74) is 6.47. The van der Waals surface area contributed by atoms with E-state index >= 15 is 0 Å². The number of hydrogen-bond acceptors (Lipinski definition) is 4. The van der Waals surface area contributed by atoms with E-state index < -0.39 is 0 Å². The van der Waals surface area contributed by atoms with Gasteiger partial charge in [-0.1, -0.05) is 5.46 Å². The first-order valence-electron chi connectivity index (χ1n) is 3.00. The molecule has 4 nitrogen and oxygen atoms in total. The Labute approximate surface area is 65.2 Å². The highest BCUT2D eigenvalue weighted by Gasteiger charge is 2.05. The van der Waals surface area contributed by atoms with E-state index in [9.17, 15) is 4.91 Å². The SMILES string of the molecule is [B]c1cnc(N)c(N=O)c1C. The maximum Gasteiger partial charge on any atom is 0.153 e. The topological polar surface area (TPSA) is 68.3 Å². The van der Waals surface area contributed by atoms with Crippen molar-refractivity contribution in [3.8, 4) is 0 Å². The van der Waals surface area contributed by atoms with Crippen LogP contribution >= 0.6 is 0 Å². The van der Waals surface area contributed by atoms with Crippen molar-refractivity contribution < 1.29 is 0 Å². The summed E-state index contributed by atoms with van der Waals surface area (Å²) in [5.74, 6) is 0.117. The molecule has 0 saturated heterocycles. The van der Waals surface area contributed by atoms with E-state index in [2.05, 4.69) is 10.2 Å². The third kappa shape index (κ3) is 1.21. The highest BCUT2D eigenvalue weighted by Crippen LogP contribution is 2.20. The minimum absolute atomic E-state index is 0.117. The van der Waals surface area contributed by atoms with Gasteiger partial charge in [-0.05, 0) is 17.7 Å². The first kappa shape index (κ1) is 7.72. The van der Waals surface area contributed by atoms with E-state index in [1.165, 1.54) is 6.20 Å². The molecule has 1 rings (SSSR count). The van der Waals surface area contributed by atoms with Crippen LogP contribution in [0.4, 0.5) is 11.5 Å². The minimum atomic E-state index is 0.117. The number of rotatable bonds is 1. The van der Waals surface area contributed by atoms with Crippen molar-refractivity contribution in [2.24, 2.45) is 5.18 Å². The lowest BCUT2D eigenvalue weighted by molar-refractivity contribution is 1.29. The lowest BCUT2D eigenvalue weighted by Crippen LogP contribution is -2.09. The van der Waals surface area contributed by atoms with Gasteiger partial charge in [-0.15, -0.1) is 4.91 Å². The zero-order valence-electron chi connectivity index (χ0n) is 6.03. The van der Waals surface area contributed by atoms with Crippen molar-refractivity contribution in [2.75, 3.05) is 5.73 Å². The first-order chi connectivity index (χ1) is 5.16. The number of nitroso groups, excluding NO2 is 1. The van der Waals surface area contributed by atoms with Gasteiger partial charge in [-0.25, -0.2) is 4.98 Å². The summed E-state index contributed by atoms with van der Waals surface area (Å²) in [6.45, 7) is 1.67. The number of pyridine rings is 1. The third-order valence-corrected chi connectivity index (χ3v) is 1.46. The van der Waals surface area contributed by atoms with Crippen LogP contribution in [-0.2, 0) is 0 Å². The number of hydrogen-bond donors (Lipinski definition) is 1. The molecule has 1 heterocycles. The van der Waals surface area contributed by atoms with Crippen molar-refractivity contribution in [2.45, 2.75) is 6.92 Å². The van der Waals surface area contributed by atoms with Crippen molar-refractivity contribution >= 4 is 24.8 Å². The predicted molar refractivity (Wildman–Crippen MR) is 44.2 cm³/mol. The third-order valence-electron chi connectivity index (χ3n) is 1.46. The highest BCUT2D eigenvalue weighted by atomic mass is 16.3. The minimum Gasteiger partial charge on any atom is -0.382 e. The second kappa shape index (κ2) is 2.69. The molecule has 11 heavy (non-hydrogen) atoms. The first-order valence-corrected chi connectivity index (χ1v) is 3.00. The van der Waals surface area contributed by atoms with Crippen LogP contribution in [0.5, 0.6) is 0 Å². The Hall–Kier alpha value is -1.39. The fourth-order valence-corrected chi connectivity index (χ4v) is 0.741. The zero-order valence-corrected chi connectivity index (χ0v) is 6.03. The molecular weight excluding hydrogens is 141 g/mol. The molecule has 0 aliphatic rings. The van der Waals surface area contributed by atoms with E-state index in [-0.39, 0.29) is 11.5 Å². The molecule has 0 fully saturated rings. The van der Waals surface area contributed by atoms with Gasteiger partial charge in [0, 0.05) is 6.20 Å². The van der Waals surface area contributed by atoms with Gasteiger partial charge >= 0.3 is 0 Å². The Morgan fingerprint density at radius 3 is 2.82 bits per heavy atom. The lowest BCUT2D eigenvalue weighted by atomic mass is 9.92. The molecule has 2 radical (unpaired) electrons. The number of nitrogens with zero attached hydrogens (tertiary/aromatic N) is 2. The van der Waals surface area contributed by atoms with Crippen molar-refractivity contribution in [3.63, 3.8) is 0 Å². The van der Waals surface area contributed by atoms with E-state index in [0.29, 0.717) is 11.0 Å². The van der Waals surface area contributed by atoms with E-state index in [1.54, 1.807) is 6.92 Å². The van der Waals surface area contributed by atoms with Crippen LogP contribution in [0.15, 0.2) is 11.4 Å². The van der Waals surface area contributed by atoms with Crippen LogP contribution in [0.2, 0.25) is 0 Å². The second-order valence-corrected chi connectivity index (χ2v) is 2.16. The molecule has 0 spiro atoms. The summed E-state index contributed by atoms with van der Waals surface area (Å²) in [4.78, 5) is 13.8. The van der Waals surface area contributed by atoms with Gasteiger partial charge in [0.15, 0.2) is 11.5 Å². The van der Waals surface area contributed by atoms with Crippen LogP contribution in [0, 0.1) is 11.8 Å². The molecule has 0 saturated carbocycles. The molecule has 1 aromatic heterocycles. The number of nitrogens with two attached hydrogens (primary N) is 1. The molecule has 5 heteroatoms. The maximum atomic E-state index is 10.2. The molecule has 0 aromatic carbocycles. The fraction of sp³-hybridized carbons (Fsp3) is 0.167. The summed E-state index contributed by atoms with van der Waals surface area (Å²) >= 11 is 0. The van der Waals surface area contributed by atoms with Gasteiger partial charge in [0.1, 0.15) is 7.85 Å².